The summed E-state index contributed by atoms with van der Waals surface area (Å²) in [6.07, 6.45) is 1.41. The van der Waals surface area contributed by atoms with E-state index >= 15 is 0 Å². The molecule has 1 aliphatic heterocycles. The molecule has 0 bridgehead atoms. The maximum absolute atomic E-state index is 14.4. The molecule has 0 fully saturated rings. The molecule has 3 rings (SSSR count). The second-order valence-electron chi connectivity index (χ2n) is 5.51. The molecule has 0 radical (unpaired) electrons. The second-order valence-corrected chi connectivity index (χ2v) is 6.26. The van der Waals surface area contributed by atoms with Crippen LogP contribution in [0.5, 0.6) is 0 Å². The molecule has 21 heavy (non-hydrogen) atoms. The van der Waals surface area contributed by atoms with Crippen LogP contribution in [0.1, 0.15) is 26.3 Å². The Kier molecular flexibility index (Phi) is 3.26. The fourth-order valence-corrected chi connectivity index (χ4v) is 2.71. The summed E-state index contributed by atoms with van der Waals surface area (Å²) in [5, 5.41) is 0.397. The highest BCUT2D eigenvalue weighted by Crippen LogP contribution is 2.44. The first-order valence-electron chi connectivity index (χ1n) is 6.39. The van der Waals surface area contributed by atoms with Gasteiger partial charge in [0.15, 0.2) is 0 Å². The second kappa shape index (κ2) is 4.75. The van der Waals surface area contributed by atoms with Gasteiger partial charge in [-0.1, -0.05) is 25.4 Å². The molecule has 1 aromatic heterocycles. The molecule has 1 aliphatic rings. The van der Waals surface area contributed by atoms with E-state index in [2.05, 4.69) is 15.0 Å². The number of nitrogens with zero attached hydrogens (tertiary/aromatic N) is 3. The van der Waals surface area contributed by atoms with Gasteiger partial charge in [0.2, 0.25) is 5.28 Å². The zero-order valence-corrected chi connectivity index (χ0v) is 13.2. The Bertz CT molecular complexity index is 785. The zero-order valence-electron chi connectivity index (χ0n) is 11.7. The van der Waals surface area contributed by atoms with E-state index < -0.39 is 5.82 Å². The molecule has 3 nitrogen and oxygen atoms in total. The summed E-state index contributed by atoms with van der Waals surface area (Å²) in [6, 6.07) is 3.24. The van der Waals surface area contributed by atoms with Crippen molar-refractivity contribution in [3.63, 3.8) is 0 Å². The number of benzene rings is 1. The number of hydrogen-bond donors (Lipinski definition) is 0. The van der Waals surface area contributed by atoms with Crippen molar-refractivity contribution in [2.24, 2.45) is 4.99 Å². The summed E-state index contributed by atoms with van der Waals surface area (Å²) in [6.45, 7) is 5.92. The zero-order chi connectivity index (χ0) is 15.4. The van der Waals surface area contributed by atoms with Crippen molar-refractivity contribution in [1.82, 2.24) is 9.97 Å². The van der Waals surface area contributed by atoms with Crippen LogP contribution in [-0.4, -0.2) is 15.7 Å². The van der Waals surface area contributed by atoms with Crippen molar-refractivity contribution in [3.05, 3.63) is 40.0 Å². The molecule has 0 unspecified atom stereocenters. The van der Waals surface area contributed by atoms with Gasteiger partial charge in [-0.15, -0.1) is 0 Å². The Labute approximate surface area is 131 Å². The minimum atomic E-state index is -0.391. The summed E-state index contributed by atoms with van der Waals surface area (Å²) < 4.78 is 14.4. The van der Waals surface area contributed by atoms with Crippen molar-refractivity contribution >= 4 is 34.6 Å². The summed E-state index contributed by atoms with van der Waals surface area (Å²) in [5.41, 5.74) is 2.74. The SMILES string of the molecule is CC1=Nc2c(F)cc(-c3nc(Cl)ncc3Cl)cc2C1(C)C. The van der Waals surface area contributed by atoms with Crippen LogP contribution >= 0.6 is 23.2 Å². The summed E-state index contributed by atoms with van der Waals surface area (Å²) in [7, 11) is 0. The maximum Gasteiger partial charge on any atom is 0.222 e. The normalized spacial score (nSPS) is 15.8. The molecule has 0 N–H and O–H groups in total. The molecule has 1 aromatic carbocycles. The molecular formula is C15H12Cl2FN3. The van der Waals surface area contributed by atoms with E-state index in [9.17, 15) is 4.39 Å². The predicted molar refractivity (Wildman–Crippen MR) is 83.2 cm³/mol. The van der Waals surface area contributed by atoms with Gasteiger partial charge in [0, 0.05) is 16.7 Å². The van der Waals surface area contributed by atoms with E-state index in [1.54, 1.807) is 0 Å². The molecule has 0 amide bonds. The number of rotatable bonds is 1. The average molecular weight is 324 g/mol. The van der Waals surface area contributed by atoms with E-state index in [1.165, 1.54) is 12.3 Å². The van der Waals surface area contributed by atoms with Gasteiger partial charge >= 0.3 is 0 Å². The van der Waals surface area contributed by atoms with Gasteiger partial charge in [-0.2, -0.15) is 0 Å². The van der Waals surface area contributed by atoms with Gasteiger partial charge in [0.25, 0.3) is 0 Å². The smallest absolute Gasteiger partial charge is 0.222 e. The lowest BCUT2D eigenvalue weighted by molar-refractivity contribution is 0.626. The molecule has 108 valence electrons. The van der Waals surface area contributed by atoms with Crippen LogP contribution in [-0.2, 0) is 5.41 Å². The number of aliphatic imine (C=N–C) groups is 1. The van der Waals surface area contributed by atoms with E-state index in [1.807, 2.05) is 26.8 Å². The van der Waals surface area contributed by atoms with Gasteiger partial charge in [-0.3, -0.25) is 4.99 Å². The van der Waals surface area contributed by atoms with Crippen LogP contribution in [0.3, 0.4) is 0 Å². The highest BCUT2D eigenvalue weighted by molar-refractivity contribution is 6.33. The minimum Gasteiger partial charge on any atom is -0.254 e. The Morgan fingerprint density at radius 1 is 1.19 bits per heavy atom. The lowest BCUT2D eigenvalue weighted by Crippen LogP contribution is -2.22. The van der Waals surface area contributed by atoms with Crippen LogP contribution in [0.25, 0.3) is 11.3 Å². The Hall–Kier alpha value is -1.52. The molecule has 0 saturated carbocycles. The van der Waals surface area contributed by atoms with Crippen molar-refractivity contribution in [2.45, 2.75) is 26.2 Å². The van der Waals surface area contributed by atoms with Gasteiger partial charge in [-0.05, 0) is 36.2 Å². The monoisotopic (exact) mass is 323 g/mol. The van der Waals surface area contributed by atoms with Crippen molar-refractivity contribution in [3.8, 4) is 11.3 Å². The Morgan fingerprint density at radius 3 is 2.62 bits per heavy atom. The van der Waals surface area contributed by atoms with Gasteiger partial charge in [-0.25, -0.2) is 14.4 Å². The summed E-state index contributed by atoms with van der Waals surface area (Å²) >= 11 is 11.9. The molecule has 0 saturated heterocycles. The molecule has 2 aromatic rings. The lowest BCUT2D eigenvalue weighted by Gasteiger charge is -2.20. The maximum atomic E-state index is 14.4. The first-order valence-corrected chi connectivity index (χ1v) is 7.14. The lowest BCUT2D eigenvalue weighted by atomic mass is 9.81. The highest BCUT2D eigenvalue weighted by atomic mass is 35.5. The molecule has 0 aliphatic carbocycles. The molecule has 6 heteroatoms. The van der Waals surface area contributed by atoms with E-state index in [-0.39, 0.29) is 10.7 Å². The fraction of sp³-hybridized carbons (Fsp3) is 0.267. The standard InChI is InChI=1S/C15H12Cl2FN3/c1-7-15(2,3)9-4-8(5-11(18)13(9)20-7)12-10(16)6-19-14(17)21-12/h4-6H,1-3H3. The highest BCUT2D eigenvalue weighted by Gasteiger charge is 2.34. The largest absolute Gasteiger partial charge is 0.254 e. The number of aromatic nitrogens is 2. The molecular weight excluding hydrogens is 312 g/mol. The summed E-state index contributed by atoms with van der Waals surface area (Å²) in [4.78, 5) is 12.2. The minimum absolute atomic E-state index is 0.0713. The number of hydrogen-bond acceptors (Lipinski definition) is 3. The third-order valence-corrected chi connectivity index (χ3v) is 4.37. The quantitative estimate of drug-likeness (QED) is 0.694. The van der Waals surface area contributed by atoms with Crippen LogP contribution in [0, 0.1) is 5.82 Å². The average Bonchev–Trinajstić information content (AvgIpc) is 2.65. The predicted octanol–water partition coefficient (Wildman–Crippen LogP) is 4.97. The van der Waals surface area contributed by atoms with Crippen LogP contribution in [0.2, 0.25) is 10.3 Å². The first-order chi connectivity index (χ1) is 9.80. The van der Waals surface area contributed by atoms with E-state index in [0.29, 0.717) is 22.0 Å². The molecule has 0 spiro atoms. The van der Waals surface area contributed by atoms with Gasteiger partial charge < -0.3 is 0 Å². The van der Waals surface area contributed by atoms with Crippen molar-refractivity contribution < 1.29 is 4.39 Å². The van der Waals surface area contributed by atoms with Crippen molar-refractivity contribution in [1.29, 1.82) is 0 Å². The number of halogens is 3. The number of fused-ring (bicyclic) bond motifs is 1. The Morgan fingerprint density at radius 2 is 1.90 bits per heavy atom. The van der Waals surface area contributed by atoms with Gasteiger partial charge in [0.1, 0.15) is 11.5 Å². The van der Waals surface area contributed by atoms with Crippen LogP contribution < -0.4 is 0 Å². The first kappa shape index (κ1) is 14.4. The molecule has 0 atom stereocenters. The van der Waals surface area contributed by atoms with Gasteiger partial charge in [0.05, 0.1) is 16.9 Å². The third-order valence-electron chi connectivity index (χ3n) is 3.91. The van der Waals surface area contributed by atoms with E-state index in [4.69, 9.17) is 23.2 Å². The fourth-order valence-electron chi connectivity index (χ4n) is 2.38. The molecule has 2 heterocycles. The van der Waals surface area contributed by atoms with Crippen LogP contribution in [0.4, 0.5) is 10.1 Å². The topological polar surface area (TPSA) is 38.1 Å². The van der Waals surface area contributed by atoms with Crippen molar-refractivity contribution in [2.75, 3.05) is 0 Å². The Balaban J connectivity index is 2.24. The van der Waals surface area contributed by atoms with E-state index in [0.717, 1.165) is 11.3 Å². The third kappa shape index (κ3) is 2.23. The summed E-state index contributed by atoms with van der Waals surface area (Å²) in [5.74, 6) is -0.391. The van der Waals surface area contributed by atoms with Crippen LogP contribution in [0.15, 0.2) is 23.3 Å².